The highest BCUT2D eigenvalue weighted by atomic mass is 16.5. The molecule has 0 aliphatic rings. The number of aliphatic hydroxyl groups excluding tert-OH is 1. The van der Waals surface area contributed by atoms with Gasteiger partial charge < -0.3 is 19.1 Å². The van der Waals surface area contributed by atoms with Crippen molar-refractivity contribution in [3.8, 4) is 11.3 Å². The summed E-state index contributed by atoms with van der Waals surface area (Å²) in [6.45, 7) is 2.62. The van der Waals surface area contributed by atoms with E-state index < -0.39 is 6.10 Å². The summed E-state index contributed by atoms with van der Waals surface area (Å²) < 4.78 is 7.32. The molecular weight excluding hydrogens is 290 g/mol. The van der Waals surface area contributed by atoms with Crippen LogP contribution in [0.2, 0.25) is 0 Å². The summed E-state index contributed by atoms with van der Waals surface area (Å²) in [5, 5.41) is 16.0. The summed E-state index contributed by atoms with van der Waals surface area (Å²) in [6.07, 6.45) is 1.89. The van der Waals surface area contributed by atoms with Crippen molar-refractivity contribution < 1.29 is 9.63 Å². The number of para-hydroxylation sites is 1. The van der Waals surface area contributed by atoms with Gasteiger partial charge in [-0.3, -0.25) is 0 Å². The Morgan fingerprint density at radius 3 is 2.74 bits per heavy atom. The minimum Gasteiger partial charge on any atom is -0.387 e. The zero-order valence-corrected chi connectivity index (χ0v) is 14.1. The molecule has 2 aromatic heterocycles. The summed E-state index contributed by atoms with van der Waals surface area (Å²) in [4.78, 5) is 1.99. The largest absolute Gasteiger partial charge is 0.387 e. The molecule has 1 atom stereocenters. The lowest BCUT2D eigenvalue weighted by molar-refractivity contribution is 0.140. The summed E-state index contributed by atoms with van der Waals surface area (Å²) in [7, 11) is 5.95. The average molecular weight is 313 g/mol. The SMILES string of the molecule is CCc1nocc1-c1c(C(O)CN(C)C)c2ccccc2n1C. The number of fused-ring (bicyclic) bond motifs is 1. The number of likely N-dealkylation sites (N-methyl/N-ethyl adjacent to an activating group) is 1. The molecule has 5 nitrogen and oxygen atoms in total. The molecule has 0 aliphatic carbocycles. The van der Waals surface area contributed by atoms with Gasteiger partial charge in [0.1, 0.15) is 6.26 Å². The Kier molecular flexibility index (Phi) is 4.24. The first-order chi connectivity index (χ1) is 11.0. The molecule has 0 radical (unpaired) electrons. The third-order valence-corrected chi connectivity index (χ3v) is 4.25. The number of aryl methyl sites for hydroxylation is 2. The van der Waals surface area contributed by atoms with Crippen molar-refractivity contribution in [2.75, 3.05) is 20.6 Å². The standard InChI is InChI=1S/C18H23N3O2/c1-5-14-13(11-23-19-14)18-17(16(22)10-20(2)3)12-8-6-7-9-15(12)21(18)4/h6-9,11,16,22H,5,10H2,1-4H3. The lowest BCUT2D eigenvalue weighted by Gasteiger charge is -2.17. The van der Waals surface area contributed by atoms with Crippen LogP contribution in [-0.2, 0) is 13.5 Å². The Labute approximate surface area is 136 Å². The second-order valence-corrected chi connectivity index (χ2v) is 6.14. The number of aromatic nitrogens is 2. The maximum absolute atomic E-state index is 10.8. The van der Waals surface area contributed by atoms with Crippen LogP contribution in [0.15, 0.2) is 35.1 Å². The minimum atomic E-state index is -0.578. The van der Waals surface area contributed by atoms with Crippen molar-refractivity contribution >= 4 is 10.9 Å². The van der Waals surface area contributed by atoms with Crippen LogP contribution in [0.25, 0.3) is 22.2 Å². The van der Waals surface area contributed by atoms with E-state index in [1.807, 2.05) is 38.2 Å². The van der Waals surface area contributed by atoms with Crippen molar-refractivity contribution in [2.24, 2.45) is 7.05 Å². The number of benzene rings is 1. The van der Waals surface area contributed by atoms with Gasteiger partial charge in [-0.2, -0.15) is 0 Å². The minimum absolute atomic E-state index is 0.563. The van der Waals surface area contributed by atoms with Gasteiger partial charge in [0.05, 0.1) is 23.1 Å². The van der Waals surface area contributed by atoms with Crippen LogP contribution in [0.4, 0.5) is 0 Å². The first-order valence-corrected chi connectivity index (χ1v) is 7.88. The topological polar surface area (TPSA) is 54.4 Å². The third-order valence-electron chi connectivity index (χ3n) is 4.25. The van der Waals surface area contributed by atoms with Gasteiger partial charge in [0.15, 0.2) is 0 Å². The quantitative estimate of drug-likeness (QED) is 0.787. The van der Waals surface area contributed by atoms with E-state index in [-0.39, 0.29) is 0 Å². The van der Waals surface area contributed by atoms with E-state index in [0.29, 0.717) is 6.54 Å². The van der Waals surface area contributed by atoms with Crippen molar-refractivity contribution in [2.45, 2.75) is 19.4 Å². The number of nitrogens with zero attached hydrogens (tertiary/aromatic N) is 3. The number of rotatable bonds is 5. The third kappa shape index (κ3) is 2.66. The lowest BCUT2D eigenvalue weighted by Crippen LogP contribution is -2.20. The number of aliphatic hydroxyl groups is 1. The van der Waals surface area contributed by atoms with E-state index >= 15 is 0 Å². The second-order valence-electron chi connectivity index (χ2n) is 6.14. The van der Waals surface area contributed by atoms with Crippen molar-refractivity contribution in [3.63, 3.8) is 0 Å². The predicted octanol–water partition coefficient (Wildman–Crippen LogP) is 2.99. The van der Waals surface area contributed by atoms with Gasteiger partial charge in [-0.1, -0.05) is 30.3 Å². The molecule has 0 saturated carbocycles. The van der Waals surface area contributed by atoms with Gasteiger partial charge in [-0.25, -0.2) is 0 Å². The molecule has 23 heavy (non-hydrogen) atoms. The molecule has 3 aromatic rings. The monoisotopic (exact) mass is 313 g/mol. The van der Waals surface area contributed by atoms with Gasteiger partial charge in [-0.05, 0) is 26.6 Å². The predicted molar refractivity (Wildman–Crippen MR) is 91.3 cm³/mol. The Bertz CT molecular complexity index is 817. The molecule has 0 aliphatic heterocycles. The van der Waals surface area contributed by atoms with E-state index in [1.165, 1.54) is 0 Å². The van der Waals surface area contributed by atoms with Gasteiger partial charge in [0.25, 0.3) is 0 Å². The maximum atomic E-state index is 10.8. The van der Waals surface area contributed by atoms with Crippen LogP contribution >= 0.6 is 0 Å². The molecule has 122 valence electrons. The first kappa shape index (κ1) is 15.8. The van der Waals surface area contributed by atoms with Crippen molar-refractivity contribution in [1.82, 2.24) is 14.6 Å². The smallest absolute Gasteiger partial charge is 0.133 e. The maximum Gasteiger partial charge on any atom is 0.133 e. The van der Waals surface area contributed by atoms with E-state index in [4.69, 9.17) is 4.52 Å². The second kappa shape index (κ2) is 6.18. The molecular formula is C18H23N3O2. The molecule has 0 amide bonds. The highest BCUT2D eigenvalue weighted by molar-refractivity contribution is 5.92. The summed E-state index contributed by atoms with van der Waals surface area (Å²) >= 11 is 0. The first-order valence-electron chi connectivity index (χ1n) is 7.88. The molecule has 0 spiro atoms. The zero-order chi connectivity index (χ0) is 16.6. The fourth-order valence-corrected chi connectivity index (χ4v) is 3.23. The molecule has 0 saturated heterocycles. The Morgan fingerprint density at radius 2 is 2.04 bits per heavy atom. The van der Waals surface area contributed by atoms with E-state index in [0.717, 1.165) is 39.8 Å². The molecule has 3 rings (SSSR count). The highest BCUT2D eigenvalue weighted by Gasteiger charge is 2.25. The van der Waals surface area contributed by atoms with Crippen LogP contribution in [0.5, 0.6) is 0 Å². The van der Waals surface area contributed by atoms with Crippen LogP contribution in [0.3, 0.4) is 0 Å². The summed E-state index contributed by atoms with van der Waals surface area (Å²) in [5.41, 5.74) is 4.89. The van der Waals surface area contributed by atoms with Crippen LogP contribution in [0.1, 0.15) is 24.3 Å². The van der Waals surface area contributed by atoms with Crippen molar-refractivity contribution in [1.29, 1.82) is 0 Å². The van der Waals surface area contributed by atoms with Crippen molar-refractivity contribution in [3.05, 3.63) is 41.8 Å². The molecule has 5 heteroatoms. The molecule has 1 unspecified atom stereocenters. The van der Waals surface area contributed by atoms with E-state index in [2.05, 4.69) is 28.8 Å². The lowest BCUT2D eigenvalue weighted by atomic mass is 10.00. The van der Waals surface area contributed by atoms with Crippen LogP contribution < -0.4 is 0 Å². The zero-order valence-electron chi connectivity index (χ0n) is 14.1. The Hall–Kier alpha value is -2.11. The van der Waals surface area contributed by atoms with Gasteiger partial charge in [0.2, 0.25) is 0 Å². The van der Waals surface area contributed by atoms with Gasteiger partial charge in [-0.15, -0.1) is 0 Å². The van der Waals surface area contributed by atoms with E-state index in [1.54, 1.807) is 6.26 Å². The molecule has 1 aromatic carbocycles. The molecule has 1 N–H and O–H groups in total. The van der Waals surface area contributed by atoms with Gasteiger partial charge >= 0.3 is 0 Å². The normalized spacial score (nSPS) is 13.1. The van der Waals surface area contributed by atoms with Crippen LogP contribution in [0, 0.1) is 0 Å². The average Bonchev–Trinajstić information content (AvgIpc) is 3.09. The number of hydrogen-bond acceptors (Lipinski definition) is 4. The summed E-state index contributed by atoms with van der Waals surface area (Å²) in [5.74, 6) is 0. The summed E-state index contributed by atoms with van der Waals surface area (Å²) in [6, 6.07) is 8.16. The fraction of sp³-hybridized carbons (Fsp3) is 0.389. The van der Waals surface area contributed by atoms with E-state index in [9.17, 15) is 5.11 Å². The Morgan fingerprint density at radius 1 is 1.30 bits per heavy atom. The molecule has 2 heterocycles. The Balaban J connectivity index is 2.29. The highest BCUT2D eigenvalue weighted by Crippen LogP contribution is 2.38. The van der Waals surface area contributed by atoms with Gasteiger partial charge in [0, 0.05) is 30.1 Å². The fourth-order valence-electron chi connectivity index (χ4n) is 3.23. The molecule has 0 bridgehead atoms. The van der Waals surface area contributed by atoms with Crippen LogP contribution in [-0.4, -0.2) is 40.4 Å². The number of hydrogen-bond donors (Lipinski definition) is 1. The molecule has 0 fully saturated rings.